The van der Waals surface area contributed by atoms with Crippen molar-refractivity contribution in [1.82, 2.24) is 0 Å². The fourth-order valence-corrected chi connectivity index (χ4v) is 1.97. The Morgan fingerprint density at radius 3 is 2.67 bits per heavy atom. The summed E-state index contributed by atoms with van der Waals surface area (Å²) in [5.41, 5.74) is 0.876. The molecule has 0 aromatic heterocycles. The summed E-state index contributed by atoms with van der Waals surface area (Å²) in [5.74, 6) is 1.75. The molecule has 0 spiro atoms. The van der Waals surface area contributed by atoms with Gasteiger partial charge in [-0.15, -0.1) is 0 Å². The Balaban J connectivity index is 1.76. The predicted octanol–water partition coefficient (Wildman–Crippen LogP) is 2.84. The van der Waals surface area contributed by atoms with Gasteiger partial charge in [-0.05, 0) is 36.6 Å². The van der Waals surface area contributed by atoms with Crippen molar-refractivity contribution in [2.24, 2.45) is 5.41 Å². The summed E-state index contributed by atoms with van der Waals surface area (Å²) in [5, 5.41) is 0. The fourth-order valence-electron chi connectivity index (χ4n) is 1.97. The van der Waals surface area contributed by atoms with Gasteiger partial charge in [0.05, 0.1) is 0 Å². The number of ketones is 1. The van der Waals surface area contributed by atoms with Crippen molar-refractivity contribution in [3.05, 3.63) is 29.8 Å². The molecule has 3 nitrogen and oxygen atoms in total. The number of carbonyl (C=O) groups excluding carboxylic acids is 1. The molecule has 0 radical (unpaired) electrons. The Bertz CT molecular complexity index is 512. The summed E-state index contributed by atoms with van der Waals surface area (Å²) in [7, 11) is 0. The Morgan fingerprint density at radius 2 is 1.94 bits per heavy atom. The van der Waals surface area contributed by atoms with Crippen molar-refractivity contribution in [2.45, 2.75) is 19.8 Å². The van der Waals surface area contributed by atoms with Crippen LogP contribution in [0.1, 0.15) is 25.3 Å². The van der Waals surface area contributed by atoms with Crippen LogP contribution in [0.4, 0.5) is 0 Å². The molecule has 1 aromatic carbocycles. The minimum Gasteiger partial charge on any atom is -0.486 e. The van der Waals surface area contributed by atoms with Crippen molar-refractivity contribution >= 4 is 11.9 Å². The third kappa shape index (κ3) is 2.13. The number of rotatable bonds is 3. The molecule has 1 aliphatic heterocycles. The van der Waals surface area contributed by atoms with Gasteiger partial charge in [-0.2, -0.15) is 0 Å². The van der Waals surface area contributed by atoms with Gasteiger partial charge in [0.15, 0.2) is 17.3 Å². The van der Waals surface area contributed by atoms with Crippen LogP contribution in [0.15, 0.2) is 24.3 Å². The van der Waals surface area contributed by atoms with Gasteiger partial charge >= 0.3 is 0 Å². The summed E-state index contributed by atoms with van der Waals surface area (Å²) in [6.07, 6.45) is 5.55. The quantitative estimate of drug-likeness (QED) is 0.767. The van der Waals surface area contributed by atoms with E-state index < -0.39 is 0 Å². The number of hydrogen-bond acceptors (Lipinski definition) is 3. The largest absolute Gasteiger partial charge is 0.486 e. The third-order valence-corrected chi connectivity index (χ3v) is 3.59. The van der Waals surface area contributed by atoms with Crippen molar-refractivity contribution in [3.8, 4) is 11.5 Å². The third-order valence-electron chi connectivity index (χ3n) is 3.59. The first-order chi connectivity index (χ1) is 8.67. The zero-order valence-corrected chi connectivity index (χ0v) is 10.4. The zero-order valence-electron chi connectivity index (χ0n) is 10.4. The van der Waals surface area contributed by atoms with Gasteiger partial charge in [0, 0.05) is 5.41 Å². The van der Waals surface area contributed by atoms with Crippen LogP contribution in [-0.2, 0) is 4.79 Å². The van der Waals surface area contributed by atoms with Crippen molar-refractivity contribution in [3.63, 3.8) is 0 Å². The molecule has 0 unspecified atom stereocenters. The van der Waals surface area contributed by atoms with Gasteiger partial charge in [0.1, 0.15) is 13.2 Å². The average Bonchev–Trinajstić information content (AvgIpc) is 3.15. The van der Waals surface area contributed by atoms with Gasteiger partial charge in [-0.3, -0.25) is 4.79 Å². The first kappa shape index (κ1) is 11.3. The minimum absolute atomic E-state index is 0.0929. The first-order valence-corrected chi connectivity index (χ1v) is 6.30. The molecule has 1 aromatic rings. The lowest BCUT2D eigenvalue weighted by Gasteiger charge is -2.18. The van der Waals surface area contributed by atoms with E-state index in [1.807, 2.05) is 31.2 Å². The Kier molecular flexibility index (Phi) is 2.62. The monoisotopic (exact) mass is 244 g/mol. The highest BCUT2D eigenvalue weighted by Crippen LogP contribution is 2.46. The highest BCUT2D eigenvalue weighted by atomic mass is 16.6. The summed E-state index contributed by atoms with van der Waals surface area (Å²) < 4.78 is 11.0. The maximum absolute atomic E-state index is 11.8. The van der Waals surface area contributed by atoms with E-state index in [0.29, 0.717) is 13.2 Å². The van der Waals surface area contributed by atoms with Gasteiger partial charge in [-0.25, -0.2) is 0 Å². The van der Waals surface area contributed by atoms with E-state index in [-0.39, 0.29) is 11.2 Å². The van der Waals surface area contributed by atoms with Gasteiger partial charge < -0.3 is 9.47 Å². The second-order valence-corrected chi connectivity index (χ2v) is 5.16. The van der Waals surface area contributed by atoms with E-state index >= 15 is 0 Å². The summed E-state index contributed by atoms with van der Waals surface area (Å²) in [4.78, 5) is 11.8. The average molecular weight is 244 g/mol. The van der Waals surface area contributed by atoms with Crippen molar-refractivity contribution in [1.29, 1.82) is 0 Å². The minimum atomic E-state index is -0.0929. The molecule has 0 atom stereocenters. The number of hydrogen-bond donors (Lipinski definition) is 0. The number of ether oxygens (including phenoxy) is 2. The molecule has 0 bridgehead atoms. The van der Waals surface area contributed by atoms with Crippen LogP contribution in [0.3, 0.4) is 0 Å². The van der Waals surface area contributed by atoms with Crippen molar-refractivity contribution in [2.75, 3.05) is 13.2 Å². The molecule has 18 heavy (non-hydrogen) atoms. The smallest absolute Gasteiger partial charge is 0.161 e. The molecule has 3 heteroatoms. The van der Waals surface area contributed by atoms with Crippen molar-refractivity contribution < 1.29 is 14.3 Å². The summed E-state index contributed by atoms with van der Waals surface area (Å²) in [6.45, 7) is 3.19. The number of carbonyl (C=O) groups is 1. The van der Waals surface area contributed by atoms with Crippen LogP contribution >= 0.6 is 0 Å². The molecule has 1 fully saturated rings. The van der Waals surface area contributed by atoms with E-state index in [0.717, 1.165) is 29.9 Å². The van der Waals surface area contributed by atoms with Crippen LogP contribution in [0.25, 0.3) is 6.08 Å². The second kappa shape index (κ2) is 4.16. The number of fused-ring (bicyclic) bond motifs is 1. The molecule has 94 valence electrons. The molecule has 0 saturated heterocycles. The highest BCUT2D eigenvalue weighted by molar-refractivity contribution is 5.99. The Labute approximate surface area is 106 Å². The lowest BCUT2D eigenvalue weighted by molar-refractivity contribution is -0.118. The molecular weight excluding hydrogens is 228 g/mol. The van der Waals surface area contributed by atoms with E-state index in [2.05, 4.69) is 0 Å². The Morgan fingerprint density at radius 1 is 1.22 bits per heavy atom. The second-order valence-electron chi connectivity index (χ2n) is 5.16. The molecule has 1 saturated carbocycles. The predicted molar refractivity (Wildman–Crippen MR) is 68.8 cm³/mol. The van der Waals surface area contributed by atoms with E-state index in [9.17, 15) is 4.79 Å². The van der Waals surface area contributed by atoms with Gasteiger partial charge in [0.25, 0.3) is 0 Å². The Hall–Kier alpha value is -1.77. The molecular formula is C15H16O3. The molecule has 0 amide bonds. The maximum atomic E-state index is 11.8. The summed E-state index contributed by atoms with van der Waals surface area (Å²) >= 11 is 0. The summed E-state index contributed by atoms with van der Waals surface area (Å²) in [6, 6.07) is 5.73. The molecule has 2 aliphatic rings. The van der Waals surface area contributed by atoms with E-state index in [4.69, 9.17) is 9.47 Å². The van der Waals surface area contributed by atoms with Gasteiger partial charge in [-0.1, -0.05) is 19.1 Å². The van der Waals surface area contributed by atoms with Crippen LogP contribution in [0, 0.1) is 5.41 Å². The lowest BCUT2D eigenvalue weighted by Crippen LogP contribution is -2.15. The maximum Gasteiger partial charge on any atom is 0.161 e. The van der Waals surface area contributed by atoms with Crippen LogP contribution in [0.2, 0.25) is 0 Å². The van der Waals surface area contributed by atoms with Crippen LogP contribution in [0.5, 0.6) is 11.5 Å². The normalized spacial score (nSPS) is 19.8. The lowest BCUT2D eigenvalue weighted by atomic mass is 10.0. The number of allylic oxidation sites excluding steroid dienone is 1. The topological polar surface area (TPSA) is 35.5 Å². The molecule has 0 N–H and O–H groups in total. The van der Waals surface area contributed by atoms with Crippen LogP contribution < -0.4 is 9.47 Å². The van der Waals surface area contributed by atoms with E-state index in [1.54, 1.807) is 6.08 Å². The first-order valence-electron chi connectivity index (χ1n) is 6.30. The fraction of sp³-hybridized carbons (Fsp3) is 0.400. The highest BCUT2D eigenvalue weighted by Gasteiger charge is 2.42. The van der Waals surface area contributed by atoms with Gasteiger partial charge in [0.2, 0.25) is 0 Å². The molecule has 1 aliphatic carbocycles. The standard InChI is InChI=1S/C15H16O3/c1-15(6-7-15)14(16)5-3-11-2-4-12-13(10-11)18-9-8-17-12/h2-5,10H,6-9H2,1H3. The molecule has 1 heterocycles. The SMILES string of the molecule is CC1(C(=O)C=Cc2ccc3c(c2)OCCO3)CC1. The van der Waals surface area contributed by atoms with Crippen LogP contribution in [-0.4, -0.2) is 19.0 Å². The zero-order chi connectivity index (χ0) is 12.6. The number of benzene rings is 1. The molecule has 3 rings (SSSR count). The van der Waals surface area contributed by atoms with E-state index in [1.165, 1.54) is 0 Å².